The second-order valence-corrected chi connectivity index (χ2v) is 5.89. The van der Waals surface area contributed by atoms with E-state index in [9.17, 15) is 9.59 Å². The molecule has 0 heterocycles. The molecule has 132 valence electrons. The highest BCUT2D eigenvalue weighted by Gasteiger charge is 2.19. The Morgan fingerprint density at radius 3 is 2.52 bits per heavy atom. The number of nitrogens with one attached hydrogen (secondary N) is 1. The average molecular weight is 340 g/mol. The largest absolute Gasteiger partial charge is 0.495 e. The lowest BCUT2D eigenvalue weighted by molar-refractivity contribution is -0.116. The molecule has 0 saturated heterocycles. The third-order valence-electron chi connectivity index (χ3n) is 4.01. The lowest BCUT2D eigenvalue weighted by Crippen LogP contribution is -2.38. The van der Waals surface area contributed by atoms with Gasteiger partial charge in [-0.3, -0.25) is 9.59 Å². The molecule has 2 aromatic carbocycles. The van der Waals surface area contributed by atoms with Gasteiger partial charge in [-0.2, -0.15) is 0 Å². The van der Waals surface area contributed by atoms with Crippen molar-refractivity contribution in [2.24, 2.45) is 0 Å². The monoisotopic (exact) mass is 340 g/mol. The zero-order valence-corrected chi connectivity index (χ0v) is 15.1. The van der Waals surface area contributed by atoms with Gasteiger partial charge in [-0.25, -0.2) is 0 Å². The van der Waals surface area contributed by atoms with Crippen LogP contribution in [0.4, 0.5) is 5.69 Å². The van der Waals surface area contributed by atoms with Crippen molar-refractivity contribution in [3.63, 3.8) is 0 Å². The highest BCUT2D eigenvalue weighted by molar-refractivity contribution is 6.00. The normalized spacial score (nSPS) is 10.2. The van der Waals surface area contributed by atoms with E-state index in [-0.39, 0.29) is 18.4 Å². The van der Waals surface area contributed by atoms with E-state index < -0.39 is 0 Å². The summed E-state index contributed by atoms with van der Waals surface area (Å²) in [6, 6.07) is 12.9. The van der Waals surface area contributed by atoms with Crippen LogP contribution in [0.1, 0.15) is 28.4 Å². The van der Waals surface area contributed by atoms with Crippen LogP contribution in [-0.4, -0.2) is 36.9 Å². The van der Waals surface area contributed by atoms with Crippen LogP contribution in [0.3, 0.4) is 0 Å². The fourth-order valence-electron chi connectivity index (χ4n) is 2.57. The van der Waals surface area contributed by atoms with Gasteiger partial charge < -0.3 is 15.0 Å². The van der Waals surface area contributed by atoms with Crippen molar-refractivity contribution in [1.82, 2.24) is 4.90 Å². The molecule has 2 aromatic rings. The number of nitrogens with zero attached hydrogens (tertiary/aromatic N) is 1. The van der Waals surface area contributed by atoms with Gasteiger partial charge in [-0.1, -0.05) is 29.8 Å². The number of anilines is 1. The molecule has 0 aliphatic rings. The third kappa shape index (κ3) is 4.59. The second kappa shape index (κ2) is 8.33. The zero-order valence-electron chi connectivity index (χ0n) is 15.1. The number of ether oxygens (including phenoxy) is 1. The molecular formula is C20H24N2O3. The van der Waals surface area contributed by atoms with E-state index in [1.54, 1.807) is 19.2 Å². The summed E-state index contributed by atoms with van der Waals surface area (Å²) >= 11 is 0. The maximum absolute atomic E-state index is 12.8. The van der Waals surface area contributed by atoms with Gasteiger partial charge in [0.15, 0.2) is 0 Å². The van der Waals surface area contributed by atoms with Gasteiger partial charge in [0.2, 0.25) is 5.91 Å². The number of rotatable bonds is 6. The maximum atomic E-state index is 12.8. The van der Waals surface area contributed by atoms with Crippen molar-refractivity contribution in [3.05, 3.63) is 59.2 Å². The van der Waals surface area contributed by atoms with Gasteiger partial charge in [0.1, 0.15) is 12.3 Å². The predicted octanol–water partition coefficient (Wildman–Crippen LogP) is 3.41. The van der Waals surface area contributed by atoms with E-state index in [2.05, 4.69) is 5.32 Å². The highest BCUT2D eigenvalue weighted by Crippen LogP contribution is 2.23. The summed E-state index contributed by atoms with van der Waals surface area (Å²) in [6.45, 7) is 6.14. The fourth-order valence-corrected chi connectivity index (χ4v) is 2.57. The number of aryl methyl sites for hydroxylation is 2. The van der Waals surface area contributed by atoms with Crippen LogP contribution in [0.15, 0.2) is 42.5 Å². The number of benzene rings is 2. The van der Waals surface area contributed by atoms with E-state index >= 15 is 0 Å². The second-order valence-electron chi connectivity index (χ2n) is 5.89. The van der Waals surface area contributed by atoms with Crippen molar-refractivity contribution < 1.29 is 14.3 Å². The van der Waals surface area contributed by atoms with Gasteiger partial charge >= 0.3 is 0 Å². The van der Waals surface area contributed by atoms with Gasteiger partial charge in [-0.15, -0.1) is 0 Å². The van der Waals surface area contributed by atoms with Crippen molar-refractivity contribution in [2.45, 2.75) is 20.8 Å². The summed E-state index contributed by atoms with van der Waals surface area (Å²) in [5.74, 6) is 0.184. The first-order valence-corrected chi connectivity index (χ1v) is 8.25. The summed E-state index contributed by atoms with van der Waals surface area (Å²) in [5, 5.41) is 2.80. The Bertz CT molecular complexity index is 771. The number of carbonyl (C=O) groups excluding carboxylic acids is 2. The minimum Gasteiger partial charge on any atom is -0.495 e. The minimum absolute atomic E-state index is 0.0131. The number of methoxy groups -OCH3 is 1. The first-order chi connectivity index (χ1) is 12.0. The molecule has 2 rings (SSSR count). The third-order valence-corrected chi connectivity index (χ3v) is 4.01. The van der Waals surface area contributed by atoms with E-state index in [0.29, 0.717) is 23.5 Å². The minimum atomic E-state index is -0.259. The quantitative estimate of drug-likeness (QED) is 0.877. The molecule has 25 heavy (non-hydrogen) atoms. The van der Waals surface area contributed by atoms with E-state index in [4.69, 9.17) is 4.74 Å². The van der Waals surface area contributed by atoms with Crippen molar-refractivity contribution in [1.29, 1.82) is 0 Å². The average Bonchev–Trinajstić information content (AvgIpc) is 2.61. The molecule has 0 spiro atoms. The molecule has 2 amide bonds. The lowest BCUT2D eigenvalue weighted by atomic mass is 10.0. The highest BCUT2D eigenvalue weighted by atomic mass is 16.5. The number of hydrogen-bond donors (Lipinski definition) is 1. The SMILES string of the molecule is CCN(CC(=O)Nc1ccccc1OC)C(=O)c1cc(C)ccc1C. The summed E-state index contributed by atoms with van der Waals surface area (Å²) in [6.07, 6.45) is 0. The van der Waals surface area contributed by atoms with Crippen LogP contribution in [-0.2, 0) is 4.79 Å². The van der Waals surface area contributed by atoms with E-state index in [1.807, 2.05) is 51.1 Å². The van der Waals surface area contributed by atoms with Crippen molar-refractivity contribution in [2.75, 3.05) is 25.5 Å². The molecule has 0 aromatic heterocycles. The Labute approximate surface area is 148 Å². The molecule has 0 fully saturated rings. The summed E-state index contributed by atoms with van der Waals surface area (Å²) < 4.78 is 5.23. The summed E-state index contributed by atoms with van der Waals surface area (Å²) in [7, 11) is 1.55. The first-order valence-electron chi connectivity index (χ1n) is 8.25. The van der Waals surface area contributed by atoms with Gasteiger partial charge in [0, 0.05) is 12.1 Å². The van der Waals surface area contributed by atoms with Crippen LogP contribution in [0.2, 0.25) is 0 Å². The lowest BCUT2D eigenvalue weighted by Gasteiger charge is -2.22. The Morgan fingerprint density at radius 1 is 1.12 bits per heavy atom. The summed E-state index contributed by atoms with van der Waals surface area (Å²) in [5.41, 5.74) is 3.14. The number of carbonyl (C=O) groups is 2. The molecular weight excluding hydrogens is 316 g/mol. The molecule has 0 aliphatic heterocycles. The van der Waals surface area contributed by atoms with Gasteiger partial charge in [0.05, 0.1) is 12.8 Å². The van der Waals surface area contributed by atoms with Crippen molar-refractivity contribution in [3.8, 4) is 5.75 Å². The summed E-state index contributed by atoms with van der Waals surface area (Å²) in [4.78, 5) is 26.7. The fraction of sp³-hybridized carbons (Fsp3) is 0.300. The molecule has 0 saturated carbocycles. The smallest absolute Gasteiger partial charge is 0.254 e. The van der Waals surface area contributed by atoms with Crippen LogP contribution >= 0.6 is 0 Å². The molecule has 5 nitrogen and oxygen atoms in total. The Kier molecular flexibility index (Phi) is 6.17. The topological polar surface area (TPSA) is 58.6 Å². The number of likely N-dealkylation sites (N-methyl/N-ethyl adjacent to an activating group) is 1. The zero-order chi connectivity index (χ0) is 18.4. The van der Waals surface area contributed by atoms with Crippen LogP contribution in [0, 0.1) is 13.8 Å². The first kappa shape index (κ1) is 18.5. The number of amides is 2. The van der Waals surface area contributed by atoms with Crippen LogP contribution in [0.25, 0.3) is 0 Å². The number of hydrogen-bond acceptors (Lipinski definition) is 3. The van der Waals surface area contributed by atoms with Gasteiger partial charge in [0.25, 0.3) is 5.91 Å². The molecule has 0 atom stereocenters. The van der Waals surface area contributed by atoms with E-state index in [0.717, 1.165) is 11.1 Å². The predicted molar refractivity (Wildman–Crippen MR) is 99.1 cm³/mol. The van der Waals surface area contributed by atoms with E-state index in [1.165, 1.54) is 4.90 Å². The van der Waals surface area contributed by atoms with Crippen molar-refractivity contribution >= 4 is 17.5 Å². The maximum Gasteiger partial charge on any atom is 0.254 e. The molecule has 5 heteroatoms. The Balaban J connectivity index is 2.12. The van der Waals surface area contributed by atoms with Crippen LogP contribution < -0.4 is 10.1 Å². The molecule has 0 unspecified atom stereocenters. The van der Waals surface area contributed by atoms with Crippen LogP contribution in [0.5, 0.6) is 5.75 Å². The molecule has 0 radical (unpaired) electrons. The Hall–Kier alpha value is -2.82. The molecule has 0 bridgehead atoms. The standard InChI is InChI=1S/C20H24N2O3/c1-5-22(20(24)16-12-14(2)10-11-15(16)3)13-19(23)21-17-8-6-7-9-18(17)25-4/h6-12H,5,13H2,1-4H3,(H,21,23). The van der Waals surface area contributed by atoms with Gasteiger partial charge in [-0.05, 0) is 44.5 Å². The molecule has 1 N–H and O–H groups in total. The Morgan fingerprint density at radius 2 is 1.84 bits per heavy atom. The number of para-hydroxylation sites is 2. The molecule has 0 aliphatic carbocycles.